The average molecular weight is 168 g/mol. The van der Waals surface area contributed by atoms with Gasteiger partial charge >= 0.3 is 0 Å². The molecule has 1 amide bonds. The molecule has 0 saturated heterocycles. The highest BCUT2D eigenvalue weighted by atomic mass is 16.2. The second kappa shape index (κ2) is 4.14. The molecule has 0 aliphatic carbocycles. The van der Waals surface area contributed by atoms with Crippen molar-refractivity contribution in [2.45, 2.75) is 19.8 Å². The van der Waals surface area contributed by atoms with E-state index in [4.69, 9.17) is 0 Å². The molecule has 68 valence electrons. The number of carbonyl (C=O) groups is 1. The lowest BCUT2D eigenvalue weighted by Crippen LogP contribution is -2.31. The van der Waals surface area contributed by atoms with Crippen molar-refractivity contribution in [2.24, 2.45) is 0 Å². The van der Waals surface area contributed by atoms with Crippen molar-refractivity contribution in [3.63, 3.8) is 0 Å². The van der Waals surface area contributed by atoms with Gasteiger partial charge in [-0.1, -0.05) is 13.0 Å². The van der Waals surface area contributed by atoms with E-state index in [1.165, 1.54) is 0 Å². The monoisotopic (exact) mass is 168 g/mol. The average Bonchev–Trinajstić information content (AvgIpc) is 2.47. The molecule has 1 heterocycles. The van der Waals surface area contributed by atoms with E-state index in [-0.39, 0.29) is 5.91 Å². The van der Waals surface area contributed by atoms with Crippen LogP contribution in [0, 0.1) is 0 Å². The lowest BCUT2D eigenvalue weighted by molar-refractivity contribution is -0.118. The van der Waals surface area contributed by atoms with Crippen LogP contribution in [-0.2, 0) is 4.79 Å². The van der Waals surface area contributed by atoms with Crippen LogP contribution in [0.1, 0.15) is 19.8 Å². The third-order valence-electron chi connectivity index (χ3n) is 1.98. The van der Waals surface area contributed by atoms with Crippen LogP contribution >= 0.6 is 0 Å². The van der Waals surface area contributed by atoms with Crippen molar-refractivity contribution in [1.82, 2.24) is 10.2 Å². The number of hydrogen-bond donors (Lipinski definition) is 1. The summed E-state index contributed by atoms with van der Waals surface area (Å²) in [4.78, 5) is 13.4. The molecule has 0 unspecified atom stereocenters. The maximum Gasteiger partial charge on any atom is 0.267 e. The van der Waals surface area contributed by atoms with Crippen molar-refractivity contribution < 1.29 is 4.79 Å². The van der Waals surface area contributed by atoms with E-state index in [0.29, 0.717) is 0 Å². The van der Waals surface area contributed by atoms with E-state index in [0.717, 1.165) is 31.6 Å². The van der Waals surface area contributed by atoms with Gasteiger partial charge in [0.05, 0.1) is 5.70 Å². The fourth-order valence-corrected chi connectivity index (χ4v) is 1.27. The van der Waals surface area contributed by atoms with Crippen molar-refractivity contribution in [2.75, 3.05) is 20.1 Å². The molecule has 1 N–H and O–H groups in total. The van der Waals surface area contributed by atoms with Crippen molar-refractivity contribution >= 4 is 5.91 Å². The zero-order chi connectivity index (χ0) is 8.97. The lowest BCUT2D eigenvalue weighted by atomic mass is 10.3. The van der Waals surface area contributed by atoms with Gasteiger partial charge in [-0.3, -0.25) is 4.79 Å². The number of likely N-dealkylation sites (N-methyl/N-ethyl adjacent to an activating group) is 1. The maximum atomic E-state index is 11.4. The second-order valence-electron chi connectivity index (χ2n) is 3.06. The first kappa shape index (κ1) is 9.10. The van der Waals surface area contributed by atoms with Gasteiger partial charge in [0.2, 0.25) is 0 Å². The number of amides is 1. The summed E-state index contributed by atoms with van der Waals surface area (Å²) < 4.78 is 0. The summed E-state index contributed by atoms with van der Waals surface area (Å²) in [6, 6.07) is 0. The van der Waals surface area contributed by atoms with E-state index in [1.807, 2.05) is 24.9 Å². The molecule has 0 saturated carbocycles. The minimum absolute atomic E-state index is 0.0665. The number of carbonyl (C=O) groups excluding carboxylic acids is 1. The van der Waals surface area contributed by atoms with Gasteiger partial charge < -0.3 is 10.2 Å². The van der Waals surface area contributed by atoms with Gasteiger partial charge in [0.1, 0.15) is 0 Å². The summed E-state index contributed by atoms with van der Waals surface area (Å²) in [5.74, 6) is 0.0665. The Hall–Kier alpha value is -0.990. The first-order valence-electron chi connectivity index (χ1n) is 4.45. The van der Waals surface area contributed by atoms with Crippen molar-refractivity contribution in [1.29, 1.82) is 0 Å². The van der Waals surface area contributed by atoms with Crippen LogP contribution in [0.25, 0.3) is 0 Å². The molecule has 12 heavy (non-hydrogen) atoms. The molecule has 1 rings (SSSR count). The minimum atomic E-state index is 0.0665. The van der Waals surface area contributed by atoms with Crippen LogP contribution in [0.3, 0.4) is 0 Å². The highest BCUT2D eigenvalue weighted by Crippen LogP contribution is 2.11. The van der Waals surface area contributed by atoms with E-state index in [2.05, 4.69) is 5.32 Å². The van der Waals surface area contributed by atoms with Crippen molar-refractivity contribution in [3.05, 3.63) is 11.8 Å². The molecule has 0 atom stereocenters. The predicted molar refractivity (Wildman–Crippen MR) is 48.6 cm³/mol. The molecule has 3 nitrogen and oxygen atoms in total. The molecular weight excluding hydrogens is 152 g/mol. The van der Waals surface area contributed by atoms with Crippen LogP contribution in [0.5, 0.6) is 0 Å². The second-order valence-corrected chi connectivity index (χ2v) is 3.06. The van der Waals surface area contributed by atoms with Crippen LogP contribution in [0.15, 0.2) is 11.8 Å². The summed E-state index contributed by atoms with van der Waals surface area (Å²) in [6.45, 7) is 3.78. The number of hydrogen-bond acceptors (Lipinski definition) is 2. The minimum Gasteiger partial charge on any atom is -0.370 e. The zero-order valence-corrected chi connectivity index (χ0v) is 7.76. The lowest BCUT2D eigenvalue weighted by Gasteiger charge is -2.14. The summed E-state index contributed by atoms with van der Waals surface area (Å²) >= 11 is 0. The number of rotatable bonds is 3. The topological polar surface area (TPSA) is 32.3 Å². The van der Waals surface area contributed by atoms with Crippen molar-refractivity contribution in [3.8, 4) is 0 Å². The molecule has 3 heteroatoms. The predicted octanol–water partition coefficient (Wildman–Crippen LogP) is 0.732. The third kappa shape index (κ3) is 2.00. The quantitative estimate of drug-likeness (QED) is 0.674. The first-order valence-corrected chi connectivity index (χ1v) is 4.45. The molecule has 0 bridgehead atoms. The summed E-state index contributed by atoms with van der Waals surface area (Å²) in [5, 5.41) is 2.86. The van der Waals surface area contributed by atoms with Crippen LogP contribution in [0.4, 0.5) is 0 Å². The van der Waals surface area contributed by atoms with Gasteiger partial charge in [0.25, 0.3) is 5.91 Å². The maximum absolute atomic E-state index is 11.4. The molecule has 1 aliphatic heterocycles. The summed E-state index contributed by atoms with van der Waals surface area (Å²) in [5.41, 5.74) is 0.823. The SMILES string of the molecule is CCCNC(=O)C1=CCCN1C. The molecule has 0 radical (unpaired) electrons. The van der Waals surface area contributed by atoms with Gasteiger partial charge in [0.15, 0.2) is 0 Å². The first-order chi connectivity index (χ1) is 5.75. The molecule has 0 aromatic carbocycles. The molecule has 0 aromatic rings. The van der Waals surface area contributed by atoms with Gasteiger partial charge in [0, 0.05) is 20.1 Å². The third-order valence-corrected chi connectivity index (χ3v) is 1.98. The van der Waals surface area contributed by atoms with E-state index >= 15 is 0 Å². The number of nitrogens with zero attached hydrogens (tertiary/aromatic N) is 1. The summed E-state index contributed by atoms with van der Waals surface area (Å²) in [6.07, 6.45) is 3.97. The van der Waals surface area contributed by atoms with Gasteiger partial charge in [-0.25, -0.2) is 0 Å². The largest absolute Gasteiger partial charge is 0.370 e. The highest BCUT2D eigenvalue weighted by molar-refractivity contribution is 5.93. The van der Waals surface area contributed by atoms with E-state index in [9.17, 15) is 4.79 Å². The number of nitrogens with one attached hydrogen (secondary N) is 1. The Morgan fingerprint density at radius 1 is 1.75 bits per heavy atom. The Balaban J connectivity index is 2.41. The fraction of sp³-hybridized carbons (Fsp3) is 0.667. The zero-order valence-electron chi connectivity index (χ0n) is 7.76. The van der Waals surface area contributed by atoms with E-state index < -0.39 is 0 Å². The Bertz CT molecular complexity index is 199. The Morgan fingerprint density at radius 3 is 3.00 bits per heavy atom. The Kier molecular flexibility index (Phi) is 3.14. The van der Waals surface area contributed by atoms with Crippen LogP contribution < -0.4 is 5.32 Å². The summed E-state index contributed by atoms with van der Waals surface area (Å²) in [7, 11) is 1.95. The Labute approximate surface area is 73.4 Å². The fourth-order valence-electron chi connectivity index (χ4n) is 1.27. The highest BCUT2D eigenvalue weighted by Gasteiger charge is 2.16. The molecule has 1 aliphatic rings. The Morgan fingerprint density at radius 2 is 2.50 bits per heavy atom. The molecule has 0 aromatic heterocycles. The standard InChI is InChI=1S/C9H16N2O/c1-3-6-10-9(12)8-5-4-7-11(8)2/h5H,3-4,6-7H2,1-2H3,(H,10,12). The van der Waals surface area contributed by atoms with Gasteiger partial charge in [-0.05, 0) is 12.8 Å². The van der Waals surface area contributed by atoms with Crippen LogP contribution in [-0.4, -0.2) is 30.9 Å². The van der Waals surface area contributed by atoms with Crippen LogP contribution in [0.2, 0.25) is 0 Å². The molecule has 0 spiro atoms. The van der Waals surface area contributed by atoms with E-state index in [1.54, 1.807) is 0 Å². The smallest absolute Gasteiger partial charge is 0.267 e. The van der Waals surface area contributed by atoms with Gasteiger partial charge in [-0.15, -0.1) is 0 Å². The molecular formula is C9H16N2O. The normalized spacial score (nSPS) is 16.2. The molecule has 0 fully saturated rings. The van der Waals surface area contributed by atoms with Gasteiger partial charge in [-0.2, -0.15) is 0 Å².